The van der Waals surface area contributed by atoms with Crippen molar-refractivity contribution in [2.75, 3.05) is 24.5 Å². The molecular formula is C17H25ClN2. The largest absolute Gasteiger partial charge is 0.367 e. The third-order valence-corrected chi connectivity index (χ3v) is 4.33. The van der Waals surface area contributed by atoms with Crippen LogP contribution in [0.3, 0.4) is 0 Å². The summed E-state index contributed by atoms with van der Waals surface area (Å²) in [6.07, 6.45) is 2.41. The van der Waals surface area contributed by atoms with Gasteiger partial charge in [-0.05, 0) is 56.0 Å². The molecule has 2 rings (SSSR count). The summed E-state index contributed by atoms with van der Waals surface area (Å²) in [6, 6.07) is 7.32. The van der Waals surface area contributed by atoms with Crippen molar-refractivity contribution in [3.63, 3.8) is 0 Å². The monoisotopic (exact) mass is 292 g/mol. The van der Waals surface area contributed by atoms with Gasteiger partial charge in [-0.15, -0.1) is 0 Å². The minimum absolute atomic E-state index is 0.421. The molecule has 0 amide bonds. The molecular weight excluding hydrogens is 268 g/mol. The van der Waals surface area contributed by atoms with Gasteiger partial charge in [0.15, 0.2) is 0 Å². The number of rotatable bonds is 5. The van der Waals surface area contributed by atoms with Gasteiger partial charge in [-0.25, -0.2) is 0 Å². The number of halogens is 1. The average Bonchev–Trinajstić information content (AvgIpc) is 2.47. The predicted molar refractivity (Wildman–Crippen MR) is 88.7 cm³/mol. The second-order valence-corrected chi connectivity index (χ2v) is 5.87. The predicted octanol–water partition coefficient (Wildman–Crippen LogP) is 4.25. The number of fused-ring (bicyclic) bond motifs is 1. The topological polar surface area (TPSA) is 15.3 Å². The van der Waals surface area contributed by atoms with Crippen LogP contribution in [0.25, 0.3) is 0 Å². The van der Waals surface area contributed by atoms with E-state index in [-0.39, 0.29) is 0 Å². The molecule has 1 aliphatic rings. The highest BCUT2D eigenvalue weighted by atomic mass is 35.5. The van der Waals surface area contributed by atoms with Crippen molar-refractivity contribution in [2.24, 2.45) is 0 Å². The maximum atomic E-state index is 5.80. The second kappa shape index (κ2) is 7.14. The summed E-state index contributed by atoms with van der Waals surface area (Å²) >= 11 is 5.80. The van der Waals surface area contributed by atoms with Crippen molar-refractivity contribution >= 4 is 17.3 Å². The third-order valence-electron chi connectivity index (χ3n) is 3.96. The van der Waals surface area contributed by atoms with E-state index in [4.69, 9.17) is 11.6 Å². The maximum Gasteiger partial charge on any atom is 0.0401 e. The lowest BCUT2D eigenvalue weighted by Crippen LogP contribution is -2.31. The van der Waals surface area contributed by atoms with Crippen LogP contribution in [0.5, 0.6) is 0 Å². The molecule has 20 heavy (non-hydrogen) atoms. The molecule has 1 atom stereocenters. The van der Waals surface area contributed by atoms with Crippen LogP contribution in [0.1, 0.15) is 44.4 Å². The highest BCUT2D eigenvalue weighted by molar-refractivity contribution is 6.25. The minimum atomic E-state index is 0.421. The Kier molecular flexibility index (Phi) is 5.50. The Hall–Kier alpha value is -0.990. The van der Waals surface area contributed by atoms with E-state index in [0.29, 0.717) is 6.04 Å². The first-order chi connectivity index (χ1) is 9.65. The van der Waals surface area contributed by atoms with Crippen LogP contribution < -0.4 is 10.2 Å². The second-order valence-electron chi connectivity index (χ2n) is 5.65. The quantitative estimate of drug-likeness (QED) is 0.873. The van der Waals surface area contributed by atoms with Crippen molar-refractivity contribution in [2.45, 2.75) is 39.7 Å². The smallest absolute Gasteiger partial charge is 0.0401 e. The zero-order chi connectivity index (χ0) is 14.5. The van der Waals surface area contributed by atoms with Gasteiger partial charge >= 0.3 is 0 Å². The van der Waals surface area contributed by atoms with E-state index in [1.165, 1.54) is 35.2 Å². The summed E-state index contributed by atoms with van der Waals surface area (Å²) < 4.78 is 0. The molecule has 1 unspecified atom stereocenters. The molecule has 1 heterocycles. The summed E-state index contributed by atoms with van der Waals surface area (Å²) in [7, 11) is 0. The molecule has 0 fully saturated rings. The first kappa shape index (κ1) is 15.4. The molecule has 2 nitrogen and oxygen atoms in total. The van der Waals surface area contributed by atoms with Crippen LogP contribution in [-0.4, -0.2) is 19.6 Å². The average molecular weight is 293 g/mol. The maximum absolute atomic E-state index is 5.80. The summed E-state index contributed by atoms with van der Waals surface area (Å²) in [4.78, 5) is 2.44. The number of anilines is 1. The van der Waals surface area contributed by atoms with E-state index in [9.17, 15) is 0 Å². The Balaban J connectivity index is 2.21. The molecule has 0 bridgehead atoms. The van der Waals surface area contributed by atoms with E-state index >= 15 is 0 Å². The van der Waals surface area contributed by atoms with Gasteiger partial charge in [0, 0.05) is 30.4 Å². The fourth-order valence-corrected chi connectivity index (χ4v) is 2.96. The summed E-state index contributed by atoms with van der Waals surface area (Å²) in [5.41, 5.74) is 7.14. The van der Waals surface area contributed by atoms with E-state index in [2.05, 4.69) is 49.2 Å². The van der Waals surface area contributed by atoms with Gasteiger partial charge < -0.3 is 10.2 Å². The SMILES string of the molecule is CCNC(C)c1ccc2c(c1)CCCN2C/C(C)=C/Cl. The normalized spacial score (nSPS) is 17.0. The Labute approximate surface area is 127 Å². The molecule has 0 saturated carbocycles. The Morgan fingerprint density at radius 2 is 2.30 bits per heavy atom. The van der Waals surface area contributed by atoms with Gasteiger partial charge in [0.2, 0.25) is 0 Å². The molecule has 1 N–H and O–H groups in total. The van der Waals surface area contributed by atoms with Crippen LogP contribution in [0, 0.1) is 0 Å². The van der Waals surface area contributed by atoms with E-state index in [1.54, 1.807) is 5.54 Å². The van der Waals surface area contributed by atoms with Gasteiger partial charge in [0.1, 0.15) is 0 Å². The number of hydrogen-bond donors (Lipinski definition) is 1. The summed E-state index contributed by atoms with van der Waals surface area (Å²) in [5.74, 6) is 0. The zero-order valence-electron chi connectivity index (χ0n) is 12.7. The molecule has 0 spiro atoms. The van der Waals surface area contributed by atoms with Crippen LogP contribution >= 0.6 is 11.6 Å². The number of nitrogens with one attached hydrogen (secondary N) is 1. The van der Waals surface area contributed by atoms with Crippen LogP contribution in [0.4, 0.5) is 5.69 Å². The van der Waals surface area contributed by atoms with Crippen molar-refractivity contribution in [1.82, 2.24) is 5.32 Å². The lowest BCUT2D eigenvalue weighted by Gasteiger charge is -2.32. The number of nitrogens with zero attached hydrogens (tertiary/aromatic N) is 1. The van der Waals surface area contributed by atoms with E-state index in [0.717, 1.165) is 19.6 Å². The Bertz CT molecular complexity index is 482. The third kappa shape index (κ3) is 3.56. The number of benzene rings is 1. The van der Waals surface area contributed by atoms with E-state index < -0.39 is 0 Å². The number of hydrogen-bond acceptors (Lipinski definition) is 2. The van der Waals surface area contributed by atoms with E-state index in [1.807, 2.05) is 0 Å². The molecule has 0 aliphatic carbocycles. The van der Waals surface area contributed by atoms with Crippen molar-refractivity contribution in [3.8, 4) is 0 Å². The van der Waals surface area contributed by atoms with Gasteiger partial charge in [-0.1, -0.05) is 30.7 Å². The highest BCUT2D eigenvalue weighted by Gasteiger charge is 2.18. The Morgan fingerprint density at radius 1 is 1.50 bits per heavy atom. The van der Waals surface area contributed by atoms with Crippen molar-refractivity contribution < 1.29 is 0 Å². The molecule has 0 aromatic heterocycles. The molecule has 1 aromatic carbocycles. The Morgan fingerprint density at radius 3 is 3.00 bits per heavy atom. The fourth-order valence-electron chi connectivity index (χ4n) is 2.89. The molecule has 1 aromatic rings. The van der Waals surface area contributed by atoms with Gasteiger partial charge in [-0.2, -0.15) is 0 Å². The molecule has 110 valence electrons. The van der Waals surface area contributed by atoms with Crippen molar-refractivity contribution in [3.05, 3.63) is 40.4 Å². The standard InChI is InChI=1S/C17H25ClN2/c1-4-19-14(3)15-7-8-17-16(10-15)6-5-9-20(17)12-13(2)11-18/h7-8,10-11,14,19H,4-6,9,12H2,1-3H3/b13-11+. The highest BCUT2D eigenvalue weighted by Crippen LogP contribution is 2.30. The van der Waals surface area contributed by atoms with Crippen LogP contribution in [0.15, 0.2) is 29.3 Å². The first-order valence-electron chi connectivity index (χ1n) is 7.52. The summed E-state index contributed by atoms with van der Waals surface area (Å²) in [5, 5.41) is 3.48. The van der Waals surface area contributed by atoms with Gasteiger partial charge in [-0.3, -0.25) is 0 Å². The molecule has 3 heteroatoms. The molecule has 1 aliphatic heterocycles. The lowest BCUT2D eigenvalue weighted by molar-refractivity contribution is 0.596. The lowest BCUT2D eigenvalue weighted by atomic mass is 9.96. The molecule has 0 radical (unpaired) electrons. The number of aryl methyl sites for hydroxylation is 1. The first-order valence-corrected chi connectivity index (χ1v) is 7.96. The van der Waals surface area contributed by atoms with Crippen LogP contribution in [0.2, 0.25) is 0 Å². The summed E-state index contributed by atoms with van der Waals surface area (Å²) in [6.45, 7) is 9.52. The van der Waals surface area contributed by atoms with Gasteiger partial charge in [0.25, 0.3) is 0 Å². The zero-order valence-corrected chi connectivity index (χ0v) is 13.5. The fraction of sp³-hybridized carbons (Fsp3) is 0.529. The minimum Gasteiger partial charge on any atom is -0.367 e. The molecule has 0 saturated heterocycles. The van der Waals surface area contributed by atoms with Crippen LogP contribution in [-0.2, 0) is 6.42 Å². The van der Waals surface area contributed by atoms with Crippen molar-refractivity contribution in [1.29, 1.82) is 0 Å². The van der Waals surface area contributed by atoms with Gasteiger partial charge in [0.05, 0.1) is 0 Å².